The summed E-state index contributed by atoms with van der Waals surface area (Å²) < 4.78 is 24.6. The van der Waals surface area contributed by atoms with Gasteiger partial charge in [-0.1, -0.05) is 34.8 Å². The van der Waals surface area contributed by atoms with Gasteiger partial charge < -0.3 is 4.98 Å². The highest BCUT2D eigenvalue weighted by Crippen LogP contribution is 2.37. The Morgan fingerprint density at radius 2 is 1.73 bits per heavy atom. The van der Waals surface area contributed by atoms with Crippen molar-refractivity contribution >= 4 is 45.8 Å². The van der Waals surface area contributed by atoms with Crippen LogP contribution in [-0.4, -0.2) is 9.97 Å². The summed E-state index contributed by atoms with van der Waals surface area (Å²) in [5.41, 5.74) is -0.298. The van der Waals surface area contributed by atoms with Gasteiger partial charge in [0.2, 0.25) is 3.79 Å². The Balaban J connectivity index is 2.76. The van der Waals surface area contributed by atoms with E-state index in [1.54, 1.807) is 0 Å². The molecule has 80 valence electrons. The molecule has 0 atom stereocenters. The van der Waals surface area contributed by atoms with Crippen LogP contribution in [0.25, 0.3) is 11.0 Å². The second kappa shape index (κ2) is 3.47. The van der Waals surface area contributed by atoms with Gasteiger partial charge in [-0.3, -0.25) is 0 Å². The summed E-state index contributed by atoms with van der Waals surface area (Å²) >= 11 is 16.6. The lowest BCUT2D eigenvalue weighted by Gasteiger charge is -2.04. The van der Waals surface area contributed by atoms with Crippen LogP contribution in [0.4, 0.5) is 8.78 Å². The first kappa shape index (κ1) is 10.9. The molecule has 1 aromatic heterocycles. The summed E-state index contributed by atoms with van der Waals surface area (Å²) in [6.07, 6.45) is 0. The Kier molecular flexibility index (Phi) is 2.53. The highest BCUT2D eigenvalue weighted by molar-refractivity contribution is 6.66. The summed E-state index contributed by atoms with van der Waals surface area (Å²) in [6.45, 7) is 0. The largest absolute Gasteiger partial charge is 0.336 e. The van der Waals surface area contributed by atoms with E-state index in [0.717, 1.165) is 12.1 Å². The van der Waals surface area contributed by atoms with Gasteiger partial charge in [0.25, 0.3) is 0 Å². The Hall–Kier alpha value is -0.580. The molecule has 0 aliphatic heterocycles. The van der Waals surface area contributed by atoms with Gasteiger partial charge in [-0.15, -0.1) is 0 Å². The molecule has 0 spiro atoms. The van der Waals surface area contributed by atoms with Gasteiger partial charge in [-0.2, -0.15) is 0 Å². The number of imidazole rings is 1. The Labute approximate surface area is 98.1 Å². The predicted molar refractivity (Wildman–Crippen MR) is 55.2 cm³/mol. The number of halogens is 5. The van der Waals surface area contributed by atoms with Gasteiger partial charge in [-0.25, -0.2) is 13.8 Å². The lowest BCUT2D eigenvalue weighted by Crippen LogP contribution is -2.02. The summed E-state index contributed by atoms with van der Waals surface area (Å²) in [5, 5.41) is 0. The number of fused-ring (bicyclic) bond motifs is 1. The van der Waals surface area contributed by atoms with Crippen molar-refractivity contribution in [3.05, 3.63) is 29.6 Å². The lowest BCUT2D eigenvalue weighted by atomic mass is 10.3. The summed E-state index contributed by atoms with van der Waals surface area (Å²) in [5.74, 6) is -1.45. The fraction of sp³-hybridized carbons (Fsp3) is 0.125. The van der Waals surface area contributed by atoms with Crippen molar-refractivity contribution in [1.82, 2.24) is 9.97 Å². The quantitative estimate of drug-likeness (QED) is 0.728. The highest BCUT2D eigenvalue weighted by Gasteiger charge is 2.28. The number of nitrogens with zero attached hydrogens (tertiary/aromatic N) is 1. The minimum Gasteiger partial charge on any atom is -0.336 e. The second-order valence-electron chi connectivity index (χ2n) is 2.84. The highest BCUT2D eigenvalue weighted by atomic mass is 35.6. The van der Waals surface area contributed by atoms with E-state index in [-0.39, 0.29) is 16.9 Å². The van der Waals surface area contributed by atoms with E-state index in [4.69, 9.17) is 34.8 Å². The molecule has 15 heavy (non-hydrogen) atoms. The molecule has 0 unspecified atom stereocenters. The van der Waals surface area contributed by atoms with E-state index < -0.39 is 15.4 Å². The van der Waals surface area contributed by atoms with Crippen LogP contribution < -0.4 is 0 Å². The minimum atomic E-state index is -1.84. The van der Waals surface area contributed by atoms with E-state index in [1.165, 1.54) is 0 Å². The fourth-order valence-electron chi connectivity index (χ4n) is 1.16. The first-order chi connectivity index (χ1) is 6.89. The maximum atomic E-state index is 13.2. The minimum absolute atomic E-state index is 0.115. The maximum absolute atomic E-state index is 13.2. The van der Waals surface area contributed by atoms with Gasteiger partial charge in [0.15, 0.2) is 11.6 Å². The van der Waals surface area contributed by atoms with Crippen molar-refractivity contribution in [2.75, 3.05) is 0 Å². The third-order valence-electron chi connectivity index (χ3n) is 1.81. The molecule has 0 radical (unpaired) electrons. The summed E-state index contributed by atoms with van der Waals surface area (Å²) in [6, 6.07) is 1.93. The number of rotatable bonds is 0. The molecular weight excluding hydrogens is 268 g/mol. The van der Waals surface area contributed by atoms with Crippen LogP contribution in [0.2, 0.25) is 0 Å². The number of nitrogens with one attached hydrogen (secondary N) is 1. The number of hydrogen-bond donors (Lipinski definition) is 1. The molecule has 1 N–H and O–H groups in total. The molecule has 0 aliphatic carbocycles. The van der Waals surface area contributed by atoms with Crippen molar-refractivity contribution in [3.8, 4) is 0 Å². The standard InChI is InChI=1S/C8H3Cl3F2N2/c9-8(10,11)7-14-5-3(12)1-2-4(13)6(5)15-7/h1-2H,(H,14,15). The Bertz CT molecular complexity index is 479. The van der Waals surface area contributed by atoms with Gasteiger partial charge in [0.05, 0.1) is 0 Å². The van der Waals surface area contributed by atoms with Gasteiger partial charge in [0, 0.05) is 0 Å². The monoisotopic (exact) mass is 270 g/mol. The average molecular weight is 271 g/mol. The van der Waals surface area contributed by atoms with E-state index in [9.17, 15) is 8.78 Å². The molecule has 0 saturated carbocycles. The van der Waals surface area contributed by atoms with Crippen LogP contribution in [0.5, 0.6) is 0 Å². The number of benzene rings is 1. The first-order valence-corrected chi connectivity index (χ1v) is 4.94. The van der Waals surface area contributed by atoms with E-state index in [1.807, 2.05) is 0 Å². The van der Waals surface area contributed by atoms with E-state index in [0.29, 0.717) is 0 Å². The number of aromatic amines is 1. The number of hydrogen-bond acceptors (Lipinski definition) is 1. The van der Waals surface area contributed by atoms with Crippen molar-refractivity contribution in [2.24, 2.45) is 0 Å². The fourth-order valence-corrected chi connectivity index (χ4v) is 1.43. The molecule has 0 bridgehead atoms. The van der Waals surface area contributed by atoms with E-state index in [2.05, 4.69) is 9.97 Å². The zero-order chi connectivity index (χ0) is 11.2. The van der Waals surface area contributed by atoms with Crippen LogP contribution in [0, 0.1) is 11.6 Å². The molecule has 0 saturated heterocycles. The van der Waals surface area contributed by atoms with Crippen LogP contribution in [0.15, 0.2) is 12.1 Å². The smallest absolute Gasteiger partial charge is 0.248 e. The summed E-state index contributed by atoms with van der Waals surface area (Å²) in [7, 11) is 0. The topological polar surface area (TPSA) is 28.7 Å². The lowest BCUT2D eigenvalue weighted by molar-refractivity contribution is 0.615. The van der Waals surface area contributed by atoms with Crippen LogP contribution in [0.1, 0.15) is 5.82 Å². The summed E-state index contributed by atoms with van der Waals surface area (Å²) in [4.78, 5) is 6.10. The molecule has 0 aliphatic rings. The predicted octanol–water partition coefficient (Wildman–Crippen LogP) is 3.67. The number of alkyl halides is 3. The van der Waals surface area contributed by atoms with Crippen molar-refractivity contribution < 1.29 is 8.78 Å². The molecule has 2 aromatic rings. The van der Waals surface area contributed by atoms with Gasteiger partial charge >= 0.3 is 0 Å². The van der Waals surface area contributed by atoms with Crippen LogP contribution in [0.3, 0.4) is 0 Å². The van der Waals surface area contributed by atoms with Crippen molar-refractivity contribution in [1.29, 1.82) is 0 Å². The normalized spacial score (nSPS) is 12.3. The first-order valence-electron chi connectivity index (χ1n) is 3.80. The van der Waals surface area contributed by atoms with Gasteiger partial charge in [0.1, 0.15) is 16.9 Å². The van der Waals surface area contributed by atoms with E-state index >= 15 is 0 Å². The molecule has 2 rings (SSSR count). The Morgan fingerprint density at radius 1 is 1.13 bits per heavy atom. The molecule has 1 heterocycles. The molecule has 2 nitrogen and oxygen atoms in total. The van der Waals surface area contributed by atoms with Crippen molar-refractivity contribution in [2.45, 2.75) is 3.79 Å². The number of aromatic nitrogens is 2. The van der Waals surface area contributed by atoms with Crippen molar-refractivity contribution in [3.63, 3.8) is 0 Å². The molecule has 0 amide bonds. The third-order valence-corrected chi connectivity index (χ3v) is 2.35. The zero-order valence-electron chi connectivity index (χ0n) is 6.99. The second-order valence-corrected chi connectivity index (χ2v) is 5.12. The van der Waals surface area contributed by atoms with Gasteiger partial charge in [-0.05, 0) is 12.1 Å². The zero-order valence-corrected chi connectivity index (χ0v) is 9.26. The Morgan fingerprint density at radius 3 is 2.27 bits per heavy atom. The molecule has 0 fully saturated rings. The molecular formula is C8H3Cl3F2N2. The molecule has 7 heteroatoms. The van der Waals surface area contributed by atoms with Crippen LogP contribution in [-0.2, 0) is 3.79 Å². The average Bonchev–Trinajstić information content (AvgIpc) is 2.56. The number of H-pyrrole nitrogens is 1. The third kappa shape index (κ3) is 1.89. The molecule has 1 aromatic carbocycles. The SMILES string of the molecule is Fc1ccc(F)c2[nH]c(C(Cl)(Cl)Cl)nc12. The maximum Gasteiger partial charge on any atom is 0.248 e. The van der Waals surface area contributed by atoms with Crippen LogP contribution >= 0.6 is 34.8 Å².